The van der Waals surface area contributed by atoms with Crippen molar-refractivity contribution in [3.8, 4) is 11.5 Å². The van der Waals surface area contributed by atoms with Gasteiger partial charge in [0.1, 0.15) is 17.3 Å². The molecule has 0 radical (unpaired) electrons. The Bertz CT molecular complexity index is 732. The second-order valence-electron chi connectivity index (χ2n) is 8.41. The highest BCUT2D eigenvalue weighted by atomic mass is 19.1. The fourth-order valence-electron chi connectivity index (χ4n) is 4.44. The minimum absolute atomic E-state index is 0.172. The normalized spacial score (nSPS) is 19.6. The Hall–Kier alpha value is -2.07. The summed E-state index contributed by atoms with van der Waals surface area (Å²) in [5.74, 6) is 2.32. The number of methoxy groups -OCH3 is 1. The van der Waals surface area contributed by atoms with Crippen molar-refractivity contribution in [2.24, 2.45) is 5.92 Å². The average molecular weight is 414 g/mol. The molecular weight excluding hydrogens is 377 g/mol. The zero-order chi connectivity index (χ0) is 21.2. The van der Waals surface area contributed by atoms with Crippen LogP contribution in [0.25, 0.3) is 0 Å². The van der Waals surface area contributed by atoms with Crippen LogP contribution < -0.4 is 9.47 Å². The number of halogens is 1. The number of likely N-dealkylation sites (tertiary alicyclic amines) is 1. The molecule has 0 N–H and O–H groups in total. The van der Waals surface area contributed by atoms with E-state index >= 15 is 0 Å². The molecule has 1 saturated heterocycles. The second-order valence-corrected chi connectivity index (χ2v) is 8.41. The van der Waals surface area contributed by atoms with Gasteiger partial charge in [-0.2, -0.15) is 0 Å². The van der Waals surface area contributed by atoms with Crippen LogP contribution >= 0.6 is 0 Å². The number of unbranched alkanes of at least 4 members (excludes halogenated alkanes) is 4. The zero-order valence-electron chi connectivity index (χ0n) is 18.5. The second kappa shape index (κ2) is 11.9. The SMILES string of the molecule is CCCCCCCN1CC[C@H](c2ccc(F)cc2)[C@@H](COc2ccc(OC)cc2)C1. The minimum atomic E-state index is -0.172. The molecule has 0 unspecified atom stereocenters. The van der Waals surface area contributed by atoms with Gasteiger partial charge in [-0.3, -0.25) is 0 Å². The molecule has 30 heavy (non-hydrogen) atoms. The van der Waals surface area contributed by atoms with E-state index in [1.165, 1.54) is 44.2 Å². The molecule has 164 valence electrons. The molecular formula is C26H36FNO2. The number of benzene rings is 2. The van der Waals surface area contributed by atoms with Crippen LogP contribution in [0.2, 0.25) is 0 Å². The van der Waals surface area contributed by atoms with E-state index in [1.54, 1.807) is 19.2 Å². The first-order chi connectivity index (χ1) is 14.7. The van der Waals surface area contributed by atoms with E-state index in [0.29, 0.717) is 18.4 Å². The first-order valence-electron chi connectivity index (χ1n) is 11.4. The Morgan fingerprint density at radius 3 is 2.33 bits per heavy atom. The Morgan fingerprint density at radius 1 is 0.933 bits per heavy atom. The molecule has 3 rings (SSSR count). The van der Waals surface area contributed by atoms with Gasteiger partial charge in [-0.15, -0.1) is 0 Å². The lowest BCUT2D eigenvalue weighted by Gasteiger charge is -2.39. The summed E-state index contributed by atoms with van der Waals surface area (Å²) >= 11 is 0. The van der Waals surface area contributed by atoms with Crippen LogP contribution in [0.3, 0.4) is 0 Å². The van der Waals surface area contributed by atoms with Gasteiger partial charge in [-0.25, -0.2) is 4.39 Å². The summed E-state index contributed by atoms with van der Waals surface area (Å²) in [7, 11) is 1.67. The molecule has 1 aliphatic rings. The first-order valence-corrected chi connectivity index (χ1v) is 11.4. The van der Waals surface area contributed by atoms with Crippen LogP contribution in [0.4, 0.5) is 4.39 Å². The highest BCUT2D eigenvalue weighted by Gasteiger charge is 2.30. The molecule has 0 saturated carbocycles. The number of hydrogen-bond acceptors (Lipinski definition) is 3. The maximum absolute atomic E-state index is 13.4. The average Bonchev–Trinajstić information content (AvgIpc) is 2.78. The van der Waals surface area contributed by atoms with Crippen LogP contribution in [0.15, 0.2) is 48.5 Å². The maximum atomic E-state index is 13.4. The lowest BCUT2D eigenvalue weighted by Crippen LogP contribution is -2.42. The molecule has 3 nitrogen and oxygen atoms in total. The van der Waals surface area contributed by atoms with Crippen LogP contribution in [-0.2, 0) is 0 Å². The molecule has 1 aliphatic heterocycles. The summed E-state index contributed by atoms with van der Waals surface area (Å²) in [5.41, 5.74) is 1.22. The molecule has 2 atom stereocenters. The summed E-state index contributed by atoms with van der Waals surface area (Å²) in [4.78, 5) is 2.59. The molecule has 2 aromatic carbocycles. The van der Waals surface area contributed by atoms with Gasteiger partial charge in [0.25, 0.3) is 0 Å². The van der Waals surface area contributed by atoms with Gasteiger partial charge in [0, 0.05) is 12.5 Å². The van der Waals surface area contributed by atoms with Gasteiger partial charge in [-0.1, -0.05) is 44.7 Å². The third kappa shape index (κ3) is 6.73. The highest BCUT2D eigenvalue weighted by Crippen LogP contribution is 2.34. The van der Waals surface area contributed by atoms with Gasteiger partial charge in [0.2, 0.25) is 0 Å². The van der Waals surface area contributed by atoms with Crippen molar-refractivity contribution in [1.29, 1.82) is 0 Å². The number of nitrogens with zero attached hydrogens (tertiary/aromatic N) is 1. The van der Waals surface area contributed by atoms with Gasteiger partial charge in [-0.05, 0) is 73.8 Å². The number of rotatable bonds is 11. The minimum Gasteiger partial charge on any atom is -0.497 e. The fourth-order valence-corrected chi connectivity index (χ4v) is 4.44. The fraction of sp³-hybridized carbons (Fsp3) is 0.538. The quantitative estimate of drug-likeness (QED) is 0.404. The Balaban J connectivity index is 1.61. The van der Waals surface area contributed by atoms with Crippen molar-refractivity contribution < 1.29 is 13.9 Å². The Kier molecular flexibility index (Phi) is 9.00. The van der Waals surface area contributed by atoms with E-state index < -0.39 is 0 Å². The molecule has 0 aliphatic carbocycles. The third-order valence-electron chi connectivity index (χ3n) is 6.22. The monoisotopic (exact) mass is 413 g/mol. The third-order valence-corrected chi connectivity index (χ3v) is 6.22. The standard InChI is InChI=1S/C26H36FNO2/c1-3-4-5-6-7-17-28-18-16-26(21-8-10-23(27)11-9-21)22(19-28)20-30-25-14-12-24(29-2)13-15-25/h8-15,22,26H,3-7,16-20H2,1-2H3/t22-,26-/m1/s1. The van der Waals surface area contributed by atoms with Crippen molar-refractivity contribution in [2.75, 3.05) is 33.4 Å². The number of hydrogen-bond donors (Lipinski definition) is 0. The summed E-state index contributed by atoms with van der Waals surface area (Å²) in [6.45, 7) is 6.23. The Labute approximate surface area is 181 Å². The zero-order valence-corrected chi connectivity index (χ0v) is 18.5. The summed E-state index contributed by atoms with van der Waals surface area (Å²) in [5, 5.41) is 0. The highest BCUT2D eigenvalue weighted by molar-refractivity contribution is 5.31. The van der Waals surface area contributed by atoms with Crippen molar-refractivity contribution in [1.82, 2.24) is 4.90 Å². The van der Waals surface area contributed by atoms with Crippen molar-refractivity contribution >= 4 is 0 Å². The molecule has 0 amide bonds. The molecule has 1 heterocycles. The molecule has 0 bridgehead atoms. The molecule has 4 heteroatoms. The maximum Gasteiger partial charge on any atom is 0.123 e. The first kappa shape index (κ1) is 22.6. The van der Waals surface area contributed by atoms with E-state index in [-0.39, 0.29) is 5.82 Å². The van der Waals surface area contributed by atoms with E-state index in [2.05, 4.69) is 11.8 Å². The Morgan fingerprint density at radius 2 is 1.63 bits per heavy atom. The van der Waals surface area contributed by atoms with Crippen molar-refractivity contribution in [3.63, 3.8) is 0 Å². The van der Waals surface area contributed by atoms with Gasteiger partial charge >= 0.3 is 0 Å². The largest absolute Gasteiger partial charge is 0.497 e. The van der Waals surface area contributed by atoms with E-state index in [9.17, 15) is 4.39 Å². The van der Waals surface area contributed by atoms with Crippen molar-refractivity contribution in [2.45, 2.75) is 51.4 Å². The van der Waals surface area contributed by atoms with E-state index in [1.807, 2.05) is 36.4 Å². The smallest absolute Gasteiger partial charge is 0.123 e. The number of ether oxygens (including phenoxy) is 2. The number of piperidine rings is 1. The van der Waals surface area contributed by atoms with Crippen molar-refractivity contribution in [3.05, 3.63) is 59.9 Å². The summed E-state index contributed by atoms with van der Waals surface area (Å²) < 4.78 is 24.8. The topological polar surface area (TPSA) is 21.7 Å². The van der Waals surface area contributed by atoms with Crippen LogP contribution in [0.1, 0.15) is 56.9 Å². The van der Waals surface area contributed by atoms with Gasteiger partial charge < -0.3 is 14.4 Å². The molecule has 1 fully saturated rings. The molecule has 0 spiro atoms. The van der Waals surface area contributed by atoms with E-state index in [4.69, 9.17) is 9.47 Å². The lowest BCUT2D eigenvalue weighted by molar-refractivity contribution is 0.109. The van der Waals surface area contributed by atoms with Crippen LogP contribution in [0.5, 0.6) is 11.5 Å². The summed E-state index contributed by atoms with van der Waals surface area (Å²) in [6.07, 6.45) is 7.65. The molecule has 2 aromatic rings. The lowest BCUT2D eigenvalue weighted by atomic mass is 9.80. The van der Waals surface area contributed by atoms with Crippen LogP contribution in [-0.4, -0.2) is 38.3 Å². The van der Waals surface area contributed by atoms with Crippen LogP contribution in [0, 0.1) is 11.7 Å². The van der Waals surface area contributed by atoms with Gasteiger partial charge in [0.15, 0.2) is 0 Å². The predicted octanol–water partition coefficient (Wildman–Crippen LogP) is 6.29. The van der Waals surface area contributed by atoms with Gasteiger partial charge in [0.05, 0.1) is 13.7 Å². The van der Waals surface area contributed by atoms with E-state index in [0.717, 1.165) is 31.0 Å². The predicted molar refractivity (Wildman–Crippen MR) is 121 cm³/mol. The summed E-state index contributed by atoms with van der Waals surface area (Å²) in [6, 6.07) is 14.8. The molecule has 0 aromatic heterocycles.